The van der Waals surface area contributed by atoms with Crippen LogP contribution in [0, 0.1) is 0 Å². The Kier molecular flexibility index (Phi) is 7.82. The monoisotopic (exact) mass is 385 g/mol. The second-order valence-corrected chi connectivity index (χ2v) is 6.03. The van der Waals surface area contributed by atoms with Crippen LogP contribution >= 0.6 is 24.8 Å². The number of hydrogen-bond donors (Lipinski definition) is 2. The molecule has 1 unspecified atom stereocenters. The van der Waals surface area contributed by atoms with E-state index in [0.29, 0.717) is 13.0 Å². The molecule has 1 atom stereocenters. The molecular weight excluding hydrogens is 363 g/mol. The van der Waals surface area contributed by atoms with Gasteiger partial charge >= 0.3 is 0 Å². The molecule has 2 aliphatic rings. The summed E-state index contributed by atoms with van der Waals surface area (Å²) < 4.78 is 28.3. The van der Waals surface area contributed by atoms with Crippen LogP contribution in [-0.2, 0) is 24.2 Å². The van der Waals surface area contributed by atoms with Gasteiger partial charge in [-0.25, -0.2) is 8.78 Å². The SMILES string of the molecule is Cl.Cl.O=C(NCCc1nnc2n1CCCCC2)C1CC(F)(F)CN1. The molecule has 6 nitrogen and oxygen atoms in total. The first-order chi connectivity index (χ1) is 10.6. The second kappa shape index (κ2) is 8.92. The van der Waals surface area contributed by atoms with Gasteiger partial charge in [-0.15, -0.1) is 35.0 Å². The van der Waals surface area contributed by atoms with Crippen molar-refractivity contribution in [3.63, 3.8) is 0 Å². The fourth-order valence-corrected chi connectivity index (χ4v) is 3.05. The number of carbonyl (C=O) groups is 1. The summed E-state index contributed by atoms with van der Waals surface area (Å²) in [5.41, 5.74) is 0. The van der Waals surface area contributed by atoms with Crippen LogP contribution in [0.4, 0.5) is 8.78 Å². The van der Waals surface area contributed by atoms with E-state index in [1.54, 1.807) is 0 Å². The highest BCUT2D eigenvalue weighted by molar-refractivity contribution is 5.85. The summed E-state index contributed by atoms with van der Waals surface area (Å²) in [6.07, 6.45) is 4.53. The summed E-state index contributed by atoms with van der Waals surface area (Å²) in [4.78, 5) is 11.9. The maximum Gasteiger partial charge on any atom is 0.262 e. The summed E-state index contributed by atoms with van der Waals surface area (Å²) in [6, 6.07) is -0.800. The molecule has 10 heteroatoms. The molecule has 2 aliphatic heterocycles. The van der Waals surface area contributed by atoms with E-state index in [-0.39, 0.29) is 30.7 Å². The number of halogens is 4. The maximum absolute atomic E-state index is 13.1. The van der Waals surface area contributed by atoms with Gasteiger partial charge in [0.25, 0.3) is 5.92 Å². The van der Waals surface area contributed by atoms with Gasteiger partial charge in [0, 0.05) is 32.4 Å². The number of aromatic nitrogens is 3. The van der Waals surface area contributed by atoms with E-state index in [0.717, 1.165) is 37.5 Å². The third kappa shape index (κ3) is 5.00. The molecule has 0 spiro atoms. The van der Waals surface area contributed by atoms with Crippen LogP contribution < -0.4 is 10.6 Å². The Morgan fingerprint density at radius 2 is 2.08 bits per heavy atom. The van der Waals surface area contributed by atoms with Crippen molar-refractivity contribution in [3.05, 3.63) is 11.6 Å². The first-order valence-corrected chi connectivity index (χ1v) is 7.85. The number of hydrogen-bond acceptors (Lipinski definition) is 4. The van der Waals surface area contributed by atoms with Gasteiger partial charge in [0.05, 0.1) is 12.6 Å². The summed E-state index contributed by atoms with van der Waals surface area (Å²) >= 11 is 0. The number of nitrogens with zero attached hydrogens (tertiary/aromatic N) is 3. The molecule has 1 fully saturated rings. The molecule has 0 aliphatic carbocycles. The molecule has 0 saturated carbocycles. The number of carbonyl (C=O) groups excluding carboxylic acids is 1. The number of nitrogens with one attached hydrogen (secondary N) is 2. The molecule has 24 heavy (non-hydrogen) atoms. The average Bonchev–Trinajstić information content (AvgIpc) is 2.94. The fourth-order valence-electron chi connectivity index (χ4n) is 3.05. The standard InChI is InChI=1S/C14H21F2N5O.2ClH/c15-14(16)8-10(18-9-14)13(22)17-6-5-12-20-19-11-4-2-1-3-7-21(11)12;;/h10,18H,1-9H2,(H,17,22);2*1H. The third-order valence-electron chi connectivity index (χ3n) is 4.26. The van der Waals surface area contributed by atoms with E-state index in [2.05, 4.69) is 25.4 Å². The van der Waals surface area contributed by atoms with E-state index < -0.39 is 24.9 Å². The van der Waals surface area contributed by atoms with Crippen LogP contribution in [0.25, 0.3) is 0 Å². The molecule has 1 aromatic rings. The van der Waals surface area contributed by atoms with Gasteiger partial charge in [-0.3, -0.25) is 10.1 Å². The molecule has 2 N–H and O–H groups in total. The Balaban J connectivity index is 0.00000144. The van der Waals surface area contributed by atoms with E-state index in [1.165, 1.54) is 6.42 Å². The smallest absolute Gasteiger partial charge is 0.262 e. The number of rotatable bonds is 4. The van der Waals surface area contributed by atoms with Crippen LogP contribution in [0.3, 0.4) is 0 Å². The minimum atomic E-state index is -2.79. The van der Waals surface area contributed by atoms with Gasteiger partial charge in [-0.1, -0.05) is 6.42 Å². The number of fused-ring (bicyclic) bond motifs is 1. The average molecular weight is 386 g/mol. The van der Waals surface area contributed by atoms with Crippen molar-refractivity contribution in [2.75, 3.05) is 13.1 Å². The molecule has 0 aromatic carbocycles. The molecule has 1 amide bonds. The Morgan fingerprint density at radius 1 is 1.29 bits per heavy atom. The van der Waals surface area contributed by atoms with Gasteiger partial charge in [0.2, 0.25) is 5.91 Å². The van der Waals surface area contributed by atoms with Gasteiger partial charge in [0.15, 0.2) is 0 Å². The van der Waals surface area contributed by atoms with Crippen molar-refractivity contribution < 1.29 is 13.6 Å². The van der Waals surface area contributed by atoms with Crippen molar-refractivity contribution in [1.82, 2.24) is 25.4 Å². The maximum atomic E-state index is 13.1. The molecule has 0 radical (unpaired) electrons. The van der Waals surface area contributed by atoms with Gasteiger partial charge in [-0.2, -0.15) is 0 Å². The lowest BCUT2D eigenvalue weighted by Crippen LogP contribution is -2.41. The molecule has 0 bridgehead atoms. The second-order valence-electron chi connectivity index (χ2n) is 6.03. The van der Waals surface area contributed by atoms with Crippen LogP contribution in [0.15, 0.2) is 0 Å². The van der Waals surface area contributed by atoms with Crippen molar-refractivity contribution in [2.24, 2.45) is 0 Å². The third-order valence-corrected chi connectivity index (χ3v) is 4.26. The number of amides is 1. The highest BCUT2D eigenvalue weighted by atomic mass is 35.5. The molecule has 1 aromatic heterocycles. The summed E-state index contributed by atoms with van der Waals surface area (Å²) in [5, 5.41) is 13.6. The topological polar surface area (TPSA) is 71.8 Å². The zero-order valence-corrected chi connectivity index (χ0v) is 14.9. The molecular formula is C14H23Cl2F2N5O. The van der Waals surface area contributed by atoms with E-state index in [9.17, 15) is 13.6 Å². The van der Waals surface area contributed by atoms with Crippen molar-refractivity contribution >= 4 is 30.7 Å². The fraction of sp³-hybridized carbons (Fsp3) is 0.786. The minimum absolute atomic E-state index is 0. The minimum Gasteiger partial charge on any atom is -0.354 e. The van der Waals surface area contributed by atoms with Crippen LogP contribution in [0.5, 0.6) is 0 Å². The summed E-state index contributed by atoms with van der Waals surface area (Å²) in [5.74, 6) is -1.28. The van der Waals surface area contributed by atoms with E-state index >= 15 is 0 Å². The summed E-state index contributed by atoms with van der Waals surface area (Å²) in [6.45, 7) is 0.880. The molecule has 138 valence electrons. The Morgan fingerprint density at radius 3 is 2.79 bits per heavy atom. The normalized spacial score (nSPS) is 21.8. The number of aryl methyl sites for hydroxylation is 1. The quantitative estimate of drug-likeness (QED) is 0.823. The van der Waals surface area contributed by atoms with Crippen LogP contribution in [-0.4, -0.2) is 45.7 Å². The predicted octanol–water partition coefficient (Wildman–Crippen LogP) is 1.50. The van der Waals surface area contributed by atoms with Gasteiger partial charge < -0.3 is 9.88 Å². The molecule has 3 rings (SSSR count). The lowest BCUT2D eigenvalue weighted by Gasteiger charge is -2.11. The zero-order chi connectivity index (χ0) is 15.6. The molecule has 3 heterocycles. The number of alkyl halides is 2. The lowest BCUT2D eigenvalue weighted by atomic mass is 10.2. The van der Waals surface area contributed by atoms with Gasteiger partial charge in [-0.05, 0) is 12.8 Å². The zero-order valence-electron chi connectivity index (χ0n) is 13.3. The van der Waals surface area contributed by atoms with Crippen LogP contribution in [0.2, 0.25) is 0 Å². The summed E-state index contributed by atoms with van der Waals surface area (Å²) in [7, 11) is 0. The van der Waals surface area contributed by atoms with Crippen LogP contribution in [0.1, 0.15) is 37.3 Å². The van der Waals surface area contributed by atoms with E-state index in [1.807, 2.05) is 0 Å². The highest BCUT2D eigenvalue weighted by Gasteiger charge is 2.42. The Labute approximate surface area is 152 Å². The van der Waals surface area contributed by atoms with Crippen molar-refractivity contribution in [1.29, 1.82) is 0 Å². The highest BCUT2D eigenvalue weighted by Crippen LogP contribution is 2.25. The molecule has 1 saturated heterocycles. The van der Waals surface area contributed by atoms with Crippen molar-refractivity contribution in [3.8, 4) is 0 Å². The Bertz CT molecular complexity index is 555. The lowest BCUT2D eigenvalue weighted by molar-refractivity contribution is -0.123. The first-order valence-electron chi connectivity index (χ1n) is 7.85. The first kappa shape index (κ1) is 21.1. The van der Waals surface area contributed by atoms with Gasteiger partial charge in [0.1, 0.15) is 11.6 Å². The largest absolute Gasteiger partial charge is 0.354 e. The Hall–Kier alpha value is -0.990. The van der Waals surface area contributed by atoms with E-state index in [4.69, 9.17) is 0 Å². The predicted molar refractivity (Wildman–Crippen MR) is 90.1 cm³/mol. The van der Waals surface area contributed by atoms with Crippen molar-refractivity contribution in [2.45, 2.75) is 57.0 Å².